The lowest BCUT2D eigenvalue weighted by atomic mass is 10.1. The molecule has 2 rings (SSSR count). The van der Waals surface area contributed by atoms with Crippen molar-refractivity contribution >= 4 is 18.0 Å². The Morgan fingerprint density at radius 1 is 1.31 bits per heavy atom. The van der Waals surface area contributed by atoms with Gasteiger partial charge in [-0.25, -0.2) is 4.98 Å². The van der Waals surface area contributed by atoms with Gasteiger partial charge in [-0.05, 0) is 36.6 Å². The van der Waals surface area contributed by atoms with Crippen molar-refractivity contribution in [3.8, 4) is 0 Å². The van der Waals surface area contributed by atoms with E-state index in [1.165, 1.54) is 10.8 Å². The molecule has 1 aromatic heterocycles. The Balaban J connectivity index is 2.75. The van der Waals surface area contributed by atoms with Gasteiger partial charge in [0.15, 0.2) is 0 Å². The molecule has 1 heterocycles. The number of aromatic nitrogens is 1. The largest absolute Gasteiger partial charge is 0.373 e. The van der Waals surface area contributed by atoms with Gasteiger partial charge in [-0.1, -0.05) is 12.2 Å². The van der Waals surface area contributed by atoms with Crippen molar-refractivity contribution in [2.24, 2.45) is 0 Å². The van der Waals surface area contributed by atoms with E-state index in [2.05, 4.69) is 35.4 Å². The molecule has 1 N–H and O–H groups in total. The van der Waals surface area contributed by atoms with Crippen LogP contribution in [-0.4, -0.2) is 12.0 Å². The number of nitrogens with zero attached hydrogens (tertiary/aromatic N) is 1. The van der Waals surface area contributed by atoms with E-state index < -0.39 is 0 Å². The summed E-state index contributed by atoms with van der Waals surface area (Å²) < 4.78 is 0. The van der Waals surface area contributed by atoms with E-state index in [9.17, 15) is 0 Å². The predicted molar refractivity (Wildman–Crippen MR) is 55.9 cm³/mol. The lowest BCUT2D eigenvalue weighted by Gasteiger charge is -2.05. The first kappa shape index (κ1) is 8.30. The van der Waals surface area contributed by atoms with E-state index in [4.69, 9.17) is 0 Å². The lowest BCUT2D eigenvalue weighted by Crippen LogP contribution is -2.32. The smallest absolute Gasteiger partial charge is 0.126 e. The number of fused-ring (bicyclic) bond motifs is 1. The summed E-state index contributed by atoms with van der Waals surface area (Å²) in [4.78, 5) is 4.49. The van der Waals surface area contributed by atoms with Gasteiger partial charge in [-0.15, -0.1) is 0 Å². The van der Waals surface area contributed by atoms with Crippen LogP contribution in [0.2, 0.25) is 0 Å². The Morgan fingerprint density at radius 3 is 2.85 bits per heavy atom. The van der Waals surface area contributed by atoms with E-state index >= 15 is 0 Å². The fraction of sp³-hybridized carbons (Fsp3) is 0.364. The second-order valence-electron chi connectivity index (χ2n) is 3.36. The third-order valence-electron chi connectivity index (χ3n) is 2.40. The van der Waals surface area contributed by atoms with Crippen LogP contribution in [0.15, 0.2) is 6.07 Å². The molecule has 0 atom stereocenters. The number of pyridine rings is 1. The summed E-state index contributed by atoms with van der Waals surface area (Å²) in [6, 6.07) is 2.09. The predicted octanol–water partition coefficient (Wildman–Crippen LogP) is 0.787. The van der Waals surface area contributed by atoms with Crippen molar-refractivity contribution in [3.63, 3.8) is 0 Å². The Labute approximate surface area is 78.0 Å². The zero-order chi connectivity index (χ0) is 9.26. The third-order valence-corrected chi connectivity index (χ3v) is 2.40. The molecular weight excluding hydrogens is 160 g/mol. The van der Waals surface area contributed by atoms with E-state index in [0.29, 0.717) is 0 Å². The zero-order valence-corrected chi connectivity index (χ0v) is 8.09. The van der Waals surface area contributed by atoms with E-state index in [1.807, 2.05) is 7.05 Å². The number of rotatable bonds is 1. The van der Waals surface area contributed by atoms with Gasteiger partial charge in [-0.3, -0.25) is 0 Å². The maximum absolute atomic E-state index is 4.49. The fourth-order valence-electron chi connectivity index (χ4n) is 1.70. The molecule has 0 bridgehead atoms. The summed E-state index contributed by atoms with van der Waals surface area (Å²) in [7, 11) is 1.90. The van der Waals surface area contributed by atoms with Gasteiger partial charge in [0.25, 0.3) is 0 Å². The molecule has 0 radical (unpaired) electrons. The quantitative estimate of drug-likeness (QED) is 0.680. The SMILES string of the molecule is CNc1cc(C)c2c(n1)=CCCC=2. The van der Waals surface area contributed by atoms with Crippen LogP contribution in [0.25, 0.3) is 12.2 Å². The molecule has 0 aliphatic heterocycles. The topological polar surface area (TPSA) is 24.9 Å². The number of nitrogens with one attached hydrogen (secondary N) is 1. The summed E-state index contributed by atoms with van der Waals surface area (Å²) in [5.74, 6) is 0.961. The molecule has 0 saturated carbocycles. The molecule has 13 heavy (non-hydrogen) atoms. The second-order valence-corrected chi connectivity index (χ2v) is 3.36. The monoisotopic (exact) mass is 174 g/mol. The van der Waals surface area contributed by atoms with Gasteiger partial charge in [0, 0.05) is 7.05 Å². The summed E-state index contributed by atoms with van der Waals surface area (Å²) in [5, 5.41) is 5.52. The summed E-state index contributed by atoms with van der Waals surface area (Å²) in [6.07, 6.45) is 6.75. The van der Waals surface area contributed by atoms with Crippen molar-refractivity contribution in [1.29, 1.82) is 0 Å². The average molecular weight is 174 g/mol. The normalized spacial score (nSPS) is 14.0. The molecule has 68 valence electrons. The van der Waals surface area contributed by atoms with Crippen LogP contribution >= 0.6 is 0 Å². The first-order valence-corrected chi connectivity index (χ1v) is 4.67. The number of hydrogen-bond acceptors (Lipinski definition) is 2. The van der Waals surface area contributed by atoms with Crippen LogP contribution in [0, 0.1) is 6.92 Å². The van der Waals surface area contributed by atoms with Crippen molar-refractivity contribution in [1.82, 2.24) is 4.98 Å². The number of anilines is 1. The van der Waals surface area contributed by atoms with Gasteiger partial charge >= 0.3 is 0 Å². The highest BCUT2D eigenvalue weighted by Gasteiger charge is 1.99. The molecule has 2 nitrogen and oxygen atoms in total. The van der Waals surface area contributed by atoms with Crippen LogP contribution < -0.4 is 15.9 Å². The van der Waals surface area contributed by atoms with Gasteiger partial charge in [0.1, 0.15) is 5.82 Å². The molecular formula is C11H14N2. The molecule has 0 fully saturated rings. The van der Waals surface area contributed by atoms with Crippen LogP contribution in [0.5, 0.6) is 0 Å². The van der Waals surface area contributed by atoms with Crippen LogP contribution in [0.1, 0.15) is 18.4 Å². The highest BCUT2D eigenvalue weighted by Crippen LogP contribution is 2.01. The minimum atomic E-state index is 0.961. The lowest BCUT2D eigenvalue weighted by molar-refractivity contribution is 1.06. The highest BCUT2D eigenvalue weighted by molar-refractivity contribution is 5.45. The van der Waals surface area contributed by atoms with Gasteiger partial charge in [0.05, 0.1) is 5.35 Å². The summed E-state index contributed by atoms with van der Waals surface area (Å²) >= 11 is 0. The minimum absolute atomic E-state index is 0.961. The molecule has 1 aliphatic carbocycles. The fourth-order valence-corrected chi connectivity index (χ4v) is 1.70. The molecule has 0 unspecified atom stereocenters. The molecule has 2 heteroatoms. The van der Waals surface area contributed by atoms with Crippen molar-refractivity contribution in [2.45, 2.75) is 19.8 Å². The van der Waals surface area contributed by atoms with E-state index in [-0.39, 0.29) is 0 Å². The highest BCUT2D eigenvalue weighted by atomic mass is 15.0. The van der Waals surface area contributed by atoms with E-state index in [0.717, 1.165) is 24.0 Å². The molecule has 0 saturated heterocycles. The Morgan fingerprint density at radius 2 is 2.08 bits per heavy atom. The van der Waals surface area contributed by atoms with Gasteiger partial charge < -0.3 is 5.32 Å². The van der Waals surface area contributed by atoms with Gasteiger partial charge in [0.2, 0.25) is 0 Å². The van der Waals surface area contributed by atoms with Crippen LogP contribution in [-0.2, 0) is 0 Å². The Hall–Kier alpha value is -1.31. The number of aryl methyl sites for hydroxylation is 1. The van der Waals surface area contributed by atoms with E-state index in [1.54, 1.807) is 0 Å². The van der Waals surface area contributed by atoms with Crippen molar-refractivity contribution in [2.75, 3.05) is 12.4 Å². The molecule has 0 spiro atoms. The average Bonchev–Trinajstić information content (AvgIpc) is 2.18. The second kappa shape index (κ2) is 3.21. The zero-order valence-electron chi connectivity index (χ0n) is 8.09. The maximum Gasteiger partial charge on any atom is 0.126 e. The summed E-state index contributed by atoms with van der Waals surface area (Å²) in [6.45, 7) is 2.14. The Bertz CT molecular complexity index is 432. The molecule has 1 aromatic rings. The first-order valence-electron chi connectivity index (χ1n) is 4.67. The molecule has 0 amide bonds. The first-order chi connectivity index (χ1) is 6.31. The maximum atomic E-state index is 4.49. The summed E-state index contributed by atoms with van der Waals surface area (Å²) in [5.41, 5.74) is 1.31. The standard InChI is InChI=1S/C11H14N2/c1-8-7-11(12-2)13-10-6-4-3-5-9(8)10/h5-7H,3-4H2,1-2H3,(H,12,13). The molecule has 1 aliphatic rings. The van der Waals surface area contributed by atoms with Crippen molar-refractivity contribution in [3.05, 3.63) is 22.2 Å². The minimum Gasteiger partial charge on any atom is -0.373 e. The molecule has 0 aromatic carbocycles. The van der Waals surface area contributed by atoms with Crippen LogP contribution in [0.4, 0.5) is 5.82 Å². The van der Waals surface area contributed by atoms with Crippen LogP contribution in [0.3, 0.4) is 0 Å². The number of hydrogen-bond donors (Lipinski definition) is 1. The van der Waals surface area contributed by atoms with Gasteiger partial charge in [-0.2, -0.15) is 0 Å². The third kappa shape index (κ3) is 1.44. The van der Waals surface area contributed by atoms with Crippen molar-refractivity contribution < 1.29 is 0 Å². The Kier molecular flexibility index (Phi) is 2.05.